The summed E-state index contributed by atoms with van der Waals surface area (Å²) in [6, 6.07) is -0.0197. The van der Waals surface area contributed by atoms with Crippen molar-refractivity contribution in [2.75, 3.05) is 0 Å². The zero-order chi connectivity index (χ0) is 7.56. The van der Waals surface area contributed by atoms with Gasteiger partial charge in [0, 0.05) is 6.04 Å². The zero-order valence-electron chi connectivity index (χ0n) is 6.26. The molecule has 4 nitrogen and oxygen atoms in total. The lowest BCUT2D eigenvalue weighted by molar-refractivity contribution is 0.760. The van der Waals surface area contributed by atoms with Crippen LogP contribution in [0.1, 0.15) is 31.3 Å². The number of H-pyrrole nitrogens is 1. The van der Waals surface area contributed by atoms with Crippen molar-refractivity contribution in [2.45, 2.75) is 26.3 Å². The van der Waals surface area contributed by atoms with Crippen molar-refractivity contribution in [3.05, 3.63) is 11.4 Å². The van der Waals surface area contributed by atoms with Gasteiger partial charge in [0.2, 0.25) is 0 Å². The van der Waals surface area contributed by atoms with Gasteiger partial charge in [0.05, 0.1) is 5.69 Å². The molecule has 1 unspecified atom stereocenters. The van der Waals surface area contributed by atoms with Crippen molar-refractivity contribution in [3.63, 3.8) is 0 Å². The van der Waals surface area contributed by atoms with Crippen LogP contribution >= 0.6 is 0 Å². The van der Waals surface area contributed by atoms with E-state index in [1.165, 1.54) is 0 Å². The van der Waals surface area contributed by atoms with E-state index < -0.39 is 0 Å². The number of nitrogens with two attached hydrogens (primary N) is 1. The molecule has 0 amide bonds. The topological polar surface area (TPSA) is 67.6 Å². The highest BCUT2D eigenvalue weighted by molar-refractivity contribution is 5.11. The molecule has 0 bridgehead atoms. The average molecular weight is 140 g/mol. The fraction of sp³-hybridized carbons (Fsp3) is 0.667. The third-order valence-corrected chi connectivity index (χ3v) is 1.42. The number of nitrogens with zero attached hydrogens (tertiary/aromatic N) is 2. The van der Waals surface area contributed by atoms with Crippen LogP contribution in [0.4, 0.5) is 0 Å². The standard InChI is InChI=1S/C6H12N4/c1-3-5-6(4(2)7)9-10-8-5/h4H,3,7H2,1-2H3,(H,8,9,10). The van der Waals surface area contributed by atoms with Gasteiger partial charge in [-0.05, 0) is 13.3 Å². The Morgan fingerprint density at radius 3 is 2.70 bits per heavy atom. The highest BCUT2D eigenvalue weighted by Gasteiger charge is 2.08. The second kappa shape index (κ2) is 2.79. The molecule has 1 atom stereocenters. The predicted octanol–water partition coefficient (Wildman–Crippen LogP) is 0.387. The molecule has 0 spiro atoms. The van der Waals surface area contributed by atoms with Crippen LogP contribution in [-0.4, -0.2) is 15.4 Å². The monoisotopic (exact) mass is 140 g/mol. The van der Waals surface area contributed by atoms with Crippen molar-refractivity contribution < 1.29 is 0 Å². The molecule has 1 aromatic heterocycles. The lowest BCUT2D eigenvalue weighted by Crippen LogP contribution is -2.07. The Labute approximate surface area is 59.8 Å². The molecule has 0 saturated heterocycles. The molecule has 56 valence electrons. The van der Waals surface area contributed by atoms with E-state index in [-0.39, 0.29) is 6.04 Å². The van der Waals surface area contributed by atoms with Gasteiger partial charge in [0.25, 0.3) is 0 Å². The van der Waals surface area contributed by atoms with Crippen molar-refractivity contribution in [3.8, 4) is 0 Å². The maximum atomic E-state index is 5.61. The van der Waals surface area contributed by atoms with E-state index in [2.05, 4.69) is 15.4 Å². The van der Waals surface area contributed by atoms with Crippen molar-refractivity contribution >= 4 is 0 Å². The number of hydrogen-bond acceptors (Lipinski definition) is 3. The van der Waals surface area contributed by atoms with Crippen molar-refractivity contribution in [2.24, 2.45) is 5.73 Å². The Balaban J connectivity index is 2.90. The summed E-state index contributed by atoms with van der Waals surface area (Å²) in [5, 5.41) is 10.4. The summed E-state index contributed by atoms with van der Waals surface area (Å²) in [5.41, 5.74) is 7.46. The van der Waals surface area contributed by atoms with Crippen LogP contribution in [0.3, 0.4) is 0 Å². The summed E-state index contributed by atoms with van der Waals surface area (Å²) in [6.07, 6.45) is 0.882. The quantitative estimate of drug-likeness (QED) is 0.624. The summed E-state index contributed by atoms with van der Waals surface area (Å²) in [6.45, 7) is 3.93. The molecular weight excluding hydrogens is 128 g/mol. The summed E-state index contributed by atoms with van der Waals surface area (Å²) in [7, 11) is 0. The third-order valence-electron chi connectivity index (χ3n) is 1.42. The first-order valence-corrected chi connectivity index (χ1v) is 3.40. The normalized spacial score (nSPS) is 13.5. The number of hydrogen-bond donors (Lipinski definition) is 2. The second-order valence-corrected chi connectivity index (χ2v) is 2.30. The van der Waals surface area contributed by atoms with Gasteiger partial charge in [0.1, 0.15) is 5.69 Å². The van der Waals surface area contributed by atoms with E-state index in [0.717, 1.165) is 17.8 Å². The number of aromatic nitrogens is 3. The summed E-state index contributed by atoms with van der Waals surface area (Å²) in [4.78, 5) is 0. The predicted molar refractivity (Wildman–Crippen MR) is 38.4 cm³/mol. The Kier molecular flexibility index (Phi) is 2.01. The molecule has 0 aliphatic heterocycles. The van der Waals surface area contributed by atoms with Crippen LogP contribution in [-0.2, 0) is 6.42 Å². The van der Waals surface area contributed by atoms with Crippen molar-refractivity contribution in [1.82, 2.24) is 15.4 Å². The maximum Gasteiger partial charge on any atom is 0.102 e. The molecule has 0 aromatic carbocycles. The molecule has 10 heavy (non-hydrogen) atoms. The summed E-state index contributed by atoms with van der Waals surface area (Å²) >= 11 is 0. The van der Waals surface area contributed by atoms with Gasteiger partial charge in [-0.25, -0.2) is 0 Å². The summed E-state index contributed by atoms with van der Waals surface area (Å²) in [5.74, 6) is 0. The molecule has 0 saturated carbocycles. The molecule has 0 radical (unpaired) electrons. The Morgan fingerprint density at radius 1 is 1.60 bits per heavy atom. The fourth-order valence-electron chi connectivity index (χ4n) is 0.886. The second-order valence-electron chi connectivity index (χ2n) is 2.30. The van der Waals surface area contributed by atoms with Crippen LogP contribution in [0.5, 0.6) is 0 Å². The first kappa shape index (κ1) is 7.21. The molecule has 0 fully saturated rings. The van der Waals surface area contributed by atoms with Crippen LogP contribution in [0.15, 0.2) is 0 Å². The fourth-order valence-corrected chi connectivity index (χ4v) is 0.886. The SMILES string of the molecule is CCc1n[nH]nc1C(C)N. The van der Waals surface area contributed by atoms with E-state index in [9.17, 15) is 0 Å². The molecule has 3 N–H and O–H groups in total. The largest absolute Gasteiger partial charge is 0.323 e. The van der Waals surface area contributed by atoms with Gasteiger partial charge in [0.15, 0.2) is 0 Å². The minimum atomic E-state index is -0.0197. The van der Waals surface area contributed by atoms with E-state index >= 15 is 0 Å². The Hall–Kier alpha value is -0.900. The van der Waals surface area contributed by atoms with E-state index in [4.69, 9.17) is 5.73 Å². The van der Waals surface area contributed by atoms with E-state index in [1.807, 2.05) is 13.8 Å². The lowest BCUT2D eigenvalue weighted by atomic mass is 10.2. The van der Waals surface area contributed by atoms with Gasteiger partial charge in [-0.1, -0.05) is 6.92 Å². The molecular formula is C6H12N4. The summed E-state index contributed by atoms with van der Waals surface area (Å²) < 4.78 is 0. The first-order chi connectivity index (χ1) is 4.75. The van der Waals surface area contributed by atoms with Gasteiger partial charge >= 0.3 is 0 Å². The van der Waals surface area contributed by atoms with E-state index in [1.54, 1.807) is 0 Å². The number of rotatable bonds is 2. The maximum absolute atomic E-state index is 5.61. The number of aryl methyl sites for hydroxylation is 1. The first-order valence-electron chi connectivity index (χ1n) is 3.40. The Morgan fingerprint density at radius 2 is 2.30 bits per heavy atom. The van der Waals surface area contributed by atoms with Crippen LogP contribution < -0.4 is 5.73 Å². The molecule has 1 heterocycles. The number of nitrogens with one attached hydrogen (secondary N) is 1. The molecule has 0 aliphatic rings. The zero-order valence-corrected chi connectivity index (χ0v) is 6.26. The van der Waals surface area contributed by atoms with Crippen LogP contribution in [0.25, 0.3) is 0 Å². The molecule has 0 aliphatic carbocycles. The Bertz CT molecular complexity index is 203. The van der Waals surface area contributed by atoms with Crippen LogP contribution in [0.2, 0.25) is 0 Å². The average Bonchev–Trinajstić information content (AvgIpc) is 2.33. The smallest absolute Gasteiger partial charge is 0.102 e. The van der Waals surface area contributed by atoms with Crippen LogP contribution in [0, 0.1) is 0 Å². The minimum Gasteiger partial charge on any atom is -0.323 e. The van der Waals surface area contributed by atoms with E-state index in [0.29, 0.717) is 0 Å². The van der Waals surface area contributed by atoms with Gasteiger partial charge < -0.3 is 5.73 Å². The van der Waals surface area contributed by atoms with Gasteiger partial charge in [-0.15, -0.1) is 0 Å². The number of aromatic amines is 1. The van der Waals surface area contributed by atoms with Gasteiger partial charge in [-0.2, -0.15) is 15.4 Å². The van der Waals surface area contributed by atoms with Crippen molar-refractivity contribution in [1.29, 1.82) is 0 Å². The lowest BCUT2D eigenvalue weighted by Gasteiger charge is -1.99. The molecule has 1 aromatic rings. The third kappa shape index (κ3) is 1.16. The minimum absolute atomic E-state index is 0.0197. The molecule has 4 heteroatoms. The van der Waals surface area contributed by atoms with Gasteiger partial charge in [-0.3, -0.25) is 0 Å². The highest BCUT2D eigenvalue weighted by atomic mass is 15.3. The molecule has 1 rings (SSSR count). The highest BCUT2D eigenvalue weighted by Crippen LogP contribution is 2.08.